The van der Waals surface area contributed by atoms with Crippen LogP contribution in [-0.4, -0.2) is 56.1 Å². The summed E-state index contributed by atoms with van der Waals surface area (Å²) >= 11 is 13.0. The average molecular weight is 740 g/mol. The van der Waals surface area contributed by atoms with Crippen molar-refractivity contribution in [3.8, 4) is 17.1 Å². The van der Waals surface area contributed by atoms with Gasteiger partial charge >= 0.3 is 0 Å². The van der Waals surface area contributed by atoms with Gasteiger partial charge in [-0.3, -0.25) is 19.5 Å². The van der Waals surface area contributed by atoms with E-state index in [2.05, 4.69) is 20.0 Å². The third-order valence-electron chi connectivity index (χ3n) is 8.33. The fraction of sp³-hybridized carbons (Fsp3) is 0.229. The van der Waals surface area contributed by atoms with E-state index in [4.69, 9.17) is 33.1 Å². The molecule has 2 amide bonds. The molecule has 0 saturated heterocycles. The number of fused-ring (bicyclic) bond motifs is 1. The minimum Gasteiger partial charge on any atom is -0.493 e. The lowest BCUT2D eigenvalue weighted by molar-refractivity contribution is -0.137. The second-order valence-electron chi connectivity index (χ2n) is 12.6. The van der Waals surface area contributed by atoms with Crippen LogP contribution in [0.5, 0.6) is 5.75 Å². The zero-order chi connectivity index (χ0) is 36.4. The van der Waals surface area contributed by atoms with Crippen molar-refractivity contribution in [2.75, 3.05) is 35.6 Å². The number of nitrogens with one attached hydrogen (secondary N) is 4. The average Bonchev–Trinajstić information content (AvgIpc) is 3.50. The predicted octanol–water partition coefficient (Wildman–Crippen LogP) is 7.20. The number of sulfonamides is 1. The predicted molar refractivity (Wildman–Crippen MR) is 196 cm³/mol. The van der Waals surface area contributed by atoms with Crippen LogP contribution in [0.4, 0.5) is 17.1 Å². The van der Waals surface area contributed by atoms with E-state index in [1.165, 1.54) is 24.3 Å². The number of aromatic amines is 1. The zero-order valence-electron chi connectivity index (χ0n) is 27.8. The summed E-state index contributed by atoms with van der Waals surface area (Å²) in [5.74, 6) is -0.769. The molecule has 262 valence electrons. The lowest BCUT2D eigenvalue weighted by Gasteiger charge is -2.30. The number of rotatable bonds is 12. The highest BCUT2D eigenvalue weighted by Crippen LogP contribution is 2.33. The number of benzene rings is 4. The van der Waals surface area contributed by atoms with Crippen LogP contribution in [0.1, 0.15) is 31.1 Å². The van der Waals surface area contributed by atoms with E-state index in [-0.39, 0.29) is 27.8 Å². The van der Waals surface area contributed by atoms with Crippen molar-refractivity contribution in [3.05, 3.63) is 94.5 Å². The highest BCUT2D eigenvalue weighted by Gasteiger charge is 2.32. The number of carbonyl (C=O) groups excluding carboxylic acids is 2. The maximum Gasteiger partial charge on any atom is 0.261 e. The Kier molecular flexibility index (Phi) is 10.6. The van der Waals surface area contributed by atoms with Crippen molar-refractivity contribution >= 4 is 73.1 Å². The number of hydrogen-bond donors (Lipinski definition) is 5. The Hall–Kier alpha value is -4.82. The lowest BCUT2D eigenvalue weighted by atomic mass is 9.80. The number of ether oxygens (including phenoxy) is 1. The Morgan fingerprint density at radius 2 is 1.74 bits per heavy atom. The zero-order valence-corrected chi connectivity index (χ0v) is 30.2. The fourth-order valence-electron chi connectivity index (χ4n) is 4.94. The molecule has 15 heteroatoms. The van der Waals surface area contributed by atoms with Crippen LogP contribution in [0.25, 0.3) is 22.4 Å². The van der Waals surface area contributed by atoms with Crippen molar-refractivity contribution in [2.45, 2.75) is 25.7 Å². The largest absolute Gasteiger partial charge is 0.493 e. The number of H-pyrrole nitrogens is 1. The number of aromatic nitrogens is 2. The van der Waals surface area contributed by atoms with Gasteiger partial charge < -0.3 is 19.9 Å². The van der Waals surface area contributed by atoms with Crippen molar-refractivity contribution in [1.82, 2.24) is 15.4 Å². The molecule has 1 heterocycles. The number of imidazole rings is 1. The maximum absolute atomic E-state index is 13.3. The van der Waals surface area contributed by atoms with Crippen LogP contribution in [0.3, 0.4) is 0 Å². The van der Waals surface area contributed by atoms with Crippen molar-refractivity contribution < 1.29 is 28.0 Å². The Morgan fingerprint density at radius 3 is 2.44 bits per heavy atom. The molecule has 0 spiro atoms. The highest BCUT2D eigenvalue weighted by molar-refractivity contribution is 7.92. The first-order chi connectivity index (χ1) is 23.6. The van der Waals surface area contributed by atoms with Gasteiger partial charge in [0.15, 0.2) is 0 Å². The van der Waals surface area contributed by atoms with Gasteiger partial charge in [0, 0.05) is 48.4 Å². The molecule has 0 saturated carbocycles. The topological polar surface area (TPSA) is 166 Å². The molecule has 0 aliphatic heterocycles. The van der Waals surface area contributed by atoms with Gasteiger partial charge in [-0.2, -0.15) is 0 Å². The number of hydrogen-bond acceptors (Lipinski definition) is 8. The summed E-state index contributed by atoms with van der Waals surface area (Å²) in [7, 11) is -0.217. The quantitative estimate of drug-likeness (QED) is 0.0662. The smallest absolute Gasteiger partial charge is 0.261 e. The van der Waals surface area contributed by atoms with Gasteiger partial charge in [0.1, 0.15) is 11.6 Å². The first-order valence-corrected chi connectivity index (χ1v) is 17.6. The van der Waals surface area contributed by atoms with Gasteiger partial charge in [-0.15, -0.1) is 0 Å². The summed E-state index contributed by atoms with van der Waals surface area (Å²) in [6.45, 7) is 5.40. The Labute approximate surface area is 299 Å². The highest BCUT2D eigenvalue weighted by atomic mass is 35.5. The van der Waals surface area contributed by atoms with Crippen molar-refractivity contribution in [3.63, 3.8) is 0 Å². The van der Waals surface area contributed by atoms with Gasteiger partial charge in [0.25, 0.3) is 15.9 Å². The summed E-state index contributed by atoms with van der Waals surface area (Å²) in [6.07, 6.45) is 0. The molecule has 0 radical (unpaired) electrons. The normalized spacial score (nSPS) is 12.3. The van der Waals surface area contributed by atoms with Crippen molar-refractivity contribution in [1.29, 1.82) is 0 Å². The molecule has 0 aliphatic carbocycles. The summed E-state index contributed by atoms with van der Waals surface area (Å²) in [6, 6.07) is 20.9. The molecule has 50 heavy (non-hydrogen) atoms. The summed E-state index contributed by atoms with van der Waals surface area (Å²) < 4.78 is 34.9. The first-order valence-electron chi connectivity index (χ1n) is 15.4. The number of carbonyl (C=O) groups is 2. The minimum atomic E-state index is -4.12. The van der Waals surface area contributed by atoms with Crippen LogP contribution in [0.2, 0.25) is 10.0 Å². The molecule has 1 aromatic heterocycles. The molecule has 12 nitrogen and oxygen atoms in total. The fourth-order valence-corrected chi connectivity index (χ4v) is 6.56. The van der Waals surface area contributed by atoms with Crippen LogP contribution in [0.15, 0.2) is 83.8 Å². The summed E-state index contributed by atoms with van der Waals surface area (Å²) in [5, 5.41) is 12.1. The summed E-state index contributed by atoms with van der Waals surface area (Å²) in [5.41, 5.74) is 4.88. The molecule has 4 aromatic carbocycles. The van der Waals surface area contributed by atoms with E-state index in [1.807, 2.05) is 51.0 Å². The van der Waals surface area contributed by atoms with Crippen molar-refractivity contribution in [2.24, 2.45) is 11.3 Å². The Bertz CT molecular complexity index is 2190. The molecule has 1 atom stereocenters. The van der Waals surface area contributed by atoms with E-state index in [1.54, 1.807) is 48.8 Å². The molecule has 0 aliphatic rings. The van der Waals surface area contributed by atoms with Gasteiger partial charge in [-0.05, 0) is 66.7 Å². The second-order valence-corrected chi connectivity index (χ2v) is 15.1. The van der Waals surface area contributed by atoms with Gasteiger partial charge in [0.05, 0.1) is 43.8 Å². The molecule has 1 unspecified atom stereocenters. The van der Waals surface area contributed by atoms with Crippen LogP contribution >= 0.6 is 23.2 Å². The SMILES string of the molecule is CC(C(=O)NO)C(C)(C)COc1cccc(NS(=O)(=O)c2ccc(C(=O)Nc3ccc(Cl)c(-c4nc5ccc(N(C)C)cc5[nH]4)c3)c(Cl)c2)c1. The van der Waals surface area contributed by atoms with Crippen LogP contribution < -0.4 is 25.2 Å². The third kappa shape index (κ3) is 8.13. The van der Waals surface area contributed by atoms with Gasteiger partial charge in [0.2, 0.25) is 5.91 Å². The standard InChI is InChI=1S/C35H36Cl2N6O6S/c1-20(33(44)41-46)35(2,3)19-49-24-8-6-7-22(15-24)42-50(47,48)25-11-12-26(29(37)18-25)34(45)38-21-9-13-28(36)27(16-21)32-39-30-14-10-23(43(4)5)17-31(30)40-32/h6-18,20,42,46H,19H2,1-5H3,(H,38,45)(H,39,40)(H,41,44). The van der Waals surface area contributed by atoms with Gasteiger partial charge in [-0.25, -0.2) is 18.9 Å². The van der Waals surface area contributed by atoms with Crippen LogP contribution in [0, 0.1) is 11.3 Å². The Morgan fingerprint density at radius 1 is 0.980 bits per heavy atom. The number of amides is 2. The summed E-state index contributed by atoms with van der Waals surface area (Å²) in [4.78, 5) is 34.9. The third-order valence-corrected chi connectivity index (χ3v) is 10.4. The number of hydroxylamine groups is 1. The monoisotopic (exact) mass is 738 g/mol. The molecular weight excluding hydrogens is 703 g/mol. The maximum atomic E-state index is 13.3. The van der Waals surface area contributed by atoms with E-state index in [0.717, 1.165) is 16.7 Å². The van der Waals surface area contributed by atoms with E-state index >= 15 is 0 Å². The second kappa shape index (κ2) is 14.6. The molecule has 5 aromatic rings. The molecule has 0 bridgehead atoms. The molecule has 5 N–H and O–H groups in total. The molecular formula is C35H36Cl2N6O6S. The minimum absolute atomic E-state index is 0.0594. The number of anilines is 3. The van der Waals surface area contributed by atoms with E-state index < -0.39 is 33.2 Å². The van der Waals surface area contributed by atoms with Crippen LogP contribution in [-0.2, 0) is 14.8 Å². The van der Waals surface area contributed by atoms with E-state index in [0.29, 0.717) is 27.8 Å². The number of halogens is 2. The van der Waals surface area contributed by atoms with E-state index in [9.17, 15) is 18.0 Å². The number of nitrogens with zero attached hydrogens (tertiary/aromatic N) is 2. The van der Waals surface area contributed by atoms with Gasteiger partial charge in [-0.1, -0.05) is 50.0 Å². The molecule has 0 fully saturated rings. The molecule has 5 rings (SSSR count). The Balaban J connectivity index is 1.28. The lowest BCUT2D eigenvalue weighted by Crippen LogP contribution is -2.39. The first kappa shape index (κ1) is 36.5.